The first-order valence-electron chi connectivity index (χ1n) is 8.48. The molecular weight excluding hydrogens is 358 g/mol. The third-order valence-corrected chi connectivity index (χ3v) is 5.42. The van der Waals surface area contributed by atoms with Crippen LogP contribution in [0.5, 0.6) is 5.75 Å². The minimum atomic E-state index is 0.246. The van der Waals surface area contributed by atoms with Crippen molar-refractivity contribution in [3.63, 3.8) is 0 Å². The summed E-state index contributed by atoms with van der Waals surface area (Å²) in [4.78, 5) is 8.84. The smallest absolute Gasteiger partial charge is 0.223 e. The Labute approximate surface area is 158 Å². The van der Waals surface area contributed by atoms with E-state index in [0.29, 0.717) is 11.7 Å². The summed E-state index contributed by atoms with van der Waals surface area (Å²) in [6.07, 6.45) is 0. The number of hydrogen-bond donors (Lipinski definition) is 2. The minimum absolute atomic E-state index is 0.246. The zero-order chi connectivity index (χ0) is 18.4. The first-order valence-corrected chi connectivity index (χ1v) is 9.36. The molecule has 0 aliphatic carbocycles. The molecule has 3 aromatic heterocycles. The average molecular weight is 373 g/mol. The zero-order valence-electron chi connectivity index (χ0n) is 14.4. The van der Waals surface area contributed by atoms with Crippen molar-refractivity contribution in [1.29, 1.82) is 0 Å². The van der Waals surface area contributed by atoms with Crippen LogP contribution in [-0.4, -0.2) is 20.2 Å². The highest BCUT2D eigenvalue weighted by Gasteiger charge is 2.12. The summed E-state index contributed by atoms with van der Waals surface area (Å²) in [5.41, 5.74) is 4.59. The third kappa shape index (κ3) is 2.80. The van der Waals surface area contributed by atoms with E-state index >= 15 is 0 Å². The van der Waals surface area contributed by atoms with Crippen molar-refractivity contribution in [2.75, 3.05) is 0 Å². The highest BCUT2D eigenvalue weighted by atomic mass is 32.1. The SMILES string of the molecule is Cc1nc(-c2ccc3[nH]c(-c4cc(-c5cccs5)ccc4O)cc3c2)no1. The normalized spacial score (nSPS) is 11.3. The summed E-state index contributed by atoms with van der Waals surface area (Å²) in [5, 5.41) is 17.4. The number of benzene rings is 2. The third-order valence-electron chi connectivity index (χ3n) is 4.50. The Morgan fingerprint density at radius 1 is 1.04 bits per heavy atom. The molecule has 5 nitrogen and oxygen atoms in total. The Balaban J connectivity index is 1.60. The number of thiophene rings is 1. The molecule has 0 aliphatic heterocycles. The van der Waals surface area contributed by atoms with E-state index < -0.39 is 0 Å². The molecule has 0 aliphatic rings. The van der Waals surface area contributed by atoms with Gasteiger partial charge in [-0.15, -0.1) is 11.3 Å². The molecule has 0 saturated carbocycles. The number of fused-ring (bicyclic) bond motifs is 1. The van der Waals surface area contributed by atoms with Crippen molar-refractivity contribution in [1.82, 2.24) is 15.1 Å². The topological polar surface area (TPSA) is 74.9 Å². The molecule has 27 heavy (non-hydrogen) atoms. The van der Waals surface area contributed by atoms with Gasteiger partial charge in [-0.1, -0.05) is 11.2 Å². The fraction of sp³-hybridized carbons (Fsp3) is 0.0476. The number of phenolic OH excluding ortho intramolecular Hbond substituents is 1. The van der Waals surface area contributed by atoms with Crippen LogP contribution in [0.3, 0.4) is 0 Å². The quantitative estimate of drug-likeness (QED) is 0.430. The lowest BCUT2D eigenvalue weighted by Crippen LogP contribution is -1.81. The maximum Gasteiger partial charge on any atom is 0.223 e. The minimum Gasteiger partial charge on any atom is -0.507 e. The Hall–Kier alpha value is -3.38. The zero-order valence-corrected chi connectivity index (χ0v) is 15.2. The molecule has 0 radical (unpaired) electrons. The van der Waals surface area contributed by atoms with Gasteiger partial charge in [0.1, 0.15) is 5.75 Å². The van der Waals surface area contributed by atoms with E-state index in [-0.39, 0.29) is 5.75 Å². The van der Waals surface area contributed by atoms with Crippen LogP contribution < -0.4 is 0 Å². The predicted molar refractivity (Wildman–Crippen MR) is 107 cm³/mol. The van der Waals surface area contributed by atoms with E-state index in [1.165, 1.54) is 4.88 Å². The molecule has 0 atom stereocenters. The van der Waals surface area contributed by atoms with Crippen molar-refractivity contribution >= 4 is 22.2 Å². The standard InChI is InChI=1S/C21H15N3O2S/c1-12-22-21(24-26-12)14-4-6-17-15(9-14)11-18(23-17)16-10-13(5-7-19(16)25)20-3-2-8-27-20/h2-11,23,25H,1H3. The van der Waals surface area contributed by atoms with Crippen LogP contribution in [-0.2, 0) is 0 Å². The molecule has 5 aromatic rings. The molecule has 0 bridgehead atoms. The van der Waals surface area contributed by atoms with E-state index in [1.807, 2.05) is 47.8 Å². The Morgan fingerprint density at radius 2 is 1.93 bits per heavy atom. The van der Waals surface area contributed by atoms with Crippen molar-refractivity contribution in [3.8, 4) is 38.8 Å². The van der Waals surface area contributed by atoms with Gasteiger partial charge in [0.05, 0.1) is 5.69 Å². The number of nitrogens with zero attached hydrogens (tertiary/aromatic N) is 2. The number of phenols is 1. The number of aromatic hydroxyl groups is 1. The second-order valence-corrected chi connectivity index (χ2v) is 7.28. The Bertz CT molecular complexity index is 1250. The van der Waals surface area contributed by atoms with E-state index in [1.54, 1.807) is 24.3 Å². The first kappa shape index (κ1) is 15.8. The van der Waals surface area contributed by atoms with Crippen LogP contribution in [0.25, 0.3) is 44.0 Å². The van der Waals surface area contributed by atoms with Crippen LogP contribution in [0.2, 0.25) is 0 Å². The van der Waals surface area contributed by atoms with Gasteiger partial charge < -0.3 is 14.6 Å². The Morgan fingerprint density at radius 3 is 2.70 bits per heavy atom. The van der Waals surface area contributed by atoms with Crippen LogP contribution in [0, 0.1) is 6.92 Å². The van der Waals surface area contributed by atoms with Crippen LogP contribution >= 0.6 is 11.3 Å². The van der Waals surface area contributed by atoms with Crippen molar-refractivity contribution in [3.05, 3.63) is 65.9 Å². The fourth-order valence-corrected chi connectivity index (χ4v) is 3.91. The summed E-state index contributed by atoms with van der Waals surface area (Å²) in [6, 6.07) is 17.8. The largest absolute Gasteiger partial charge is 0.507 e. The molecular formula is C21H15N3O2S. The predicted octanol–water partition coefficient (Wildman–Crippen LogP) is 5.63. The van der Waals surface area contributed by atoms with Crippen LogP contribution in [0.4, 0.5) is 0 Å². The molecule has 132 valence electrons. The molecule has 0 fully saturated rings. The van der Waals surface area contributed by atoms with Crippen molar-refractivity contribution < 1.29 is 9.63 Å². The van der Waals surface area contributed by atoms with Crippen LogP contribution in [0.15, 0.2) is 64.5 Å². The molecule has 0 unspecified atom stereocenters. The average Bonchev–Trinajstić information content (AvgIpc) is 3.41. The molecule has 0 amide bonds. The van der Waals surface area contributed by atoms with Gasteiger partial charge in [0.15, 0.2) is 0 Å². The number of aromatic amines is 1. The maximum absolute atomic E-state index is 10.4. The number of H-pyrrole nitrogens is 1. The van der Waals surface area contributed by atoms with Gasteiger partial charge >= 0.3 is 0 Å². The summed E-state index contributed by atoms with van der Waals surface area (Å²) in [6.45, 7) is 1.77. The highest BCUT2D eigenvalue weighted by molar-refractivity contribution is 7.13. The summed E-state index contributed by atoms with van der Waals surface area (Å²) >= 11 is 1.68. The van der Waals surface area contributed by atoms with Crippen molar-refractivity contribution in [2.45, 2.75) is 6.92 Å². The lowest BCUT2D eigenvalue weighted by atomic mass is 10.1. The summed E-state index contributed by atoms with van der Waals surface area (Å²) in [5.74, 6) is 1.35. The maximum atomic E-state index is 10.4. The summed E-state index contributed by atoms with van der Waals surface area (Å²) < 4.78 is 5.07. The van der Waals surface area contributed by atoms with Crippen LogP contribution in [0.1, 0.15) is 5.89 Å². The lowest BCUT2D eigenvalue weighted by Gasteiger charge is -2.05. The van der Waals surface area contributed by atoms with E-state index in [2.05, 4.69) is 21.2 Å². The number of nitrogens with one attached hydrogen (secondary N) is 1. The van der Waals surface area contributed by atoms with Gasteiger partial charge in [-0.2, -0.15) is 4.98 Å². The Kier molecular flexibility index (Phi) is 3.58. The van der Waals surface area contributed by atoms with Gasteiger partial charge in [-0.25, -0.2) is 0 Å². The van der Waals surface area contributed by atoms with Crippen molar-refractivity contribution in [2.24, 2.45) is 0 Å². The van der Waals surface area contributed by atoms with Gasteiger partial charge in [0.2, 0.25) is 11.7 Å². The highest BCUT2D eigenvalue weighted by Crippen LogP contribution is 2.36. The van der Waals surface area contributed by atoms with E-state index in [9.17, 15) is 5.11 Å². The van der Waals surface area contributed by atoms with E-state index in [0.717, 1.165) is 33.3 Å². The molecule has 0 spiro atoms. The molecule has 5 rings (SSSR count). The van der Waals surface area contributed by atoms with Gasteiger partial charge in [0, 0.05) is 33.8 Å². The first-order chi connectivity index (χ1) is 13.2. The number of hydrogen-bond acceptors (Lipinski definition) is 5. The molecule has 2 aromatic carbocycles. The lowest BCUT2D eigenvalue weighted by molar-refractivity contribution is 0.394. The molecule has 3 heterocycles. The number of aryl methyl sites for hydroxylation is 1. The second-order valence-electron chi connectivity index (χ2n) is 6.33. The molecule has 2 N–H and O–H groups in total. The monoisotopic (exact) mass is 373 g/mol. The fourth-order valence-electron chi connectivity index (χ4n) is 3.18. The number of rotatable bonds is 3. The summed E-state index contributed by atoms with van der Waals surface area (Å²) in [7, 11) is 0. The second kappa shape index (κ2) is 6.10. The molecule has 6 heteroatoms. The van der Waals surface area contributed by atoms with Gasteiger partial charge in [-0.05, 0) is 59.5 Å². The van der Waals surface area contributed by atoms with Gasteiger partial charge in [-0.3, -0.25) is 0 Å². The van der Waals surface area contributed by atoms with Gasteiger partial charge in [0.25, 0.3) is 0 Å². The number of aromatic nitrogens is 3. The molecule has 0 saturated heterocycles. The van der Waals surface area contributed by atoms with E-state index in [4.69, 9.17) is 4.52 Å².